The third-order valence-corrected chi connectivity index (χ3v) is 4.62. The van der Waals surface area contributed by atoms with Crippen LogP contribution in [0.5, 0.6) is 0 Å². The van der Waals surface area contributed by atoms with Gasteiger partial charge in [-0.2, -0.15) is 10.2 Å². The summed E-state index contributed by atoms with van der Waals surface area (Å²) in [4.78, 5) is 17.3. The molecule has 0 fully saturated rings. The van der Waals surface area contributed by atoms with Crippen LogP contribution in [-0.2, 0) is 0 Å². The highest BCUT2D eigenvalue weighted by atomic mass is 16.1. The lowest BCUT2D eigenvalue weighted by atomic mass is 10.1. The quantitative estimate of drug-likeness (QED) is 0.508. The molecule has 0 amide bonds. The van der Waals surface area contributed by atoms with Crippen molar-refractivity contribution >= 4 is 11.4 Å². The fraction of sp³-hybridized carbons (Fsp3) is 0.0833. The molecule has 7 nitrogen and oxygen atoms in total. The lowest BCUT2D eigenvalue weighted by molar-refractivity contribution is 0.819. The Bertz CT molecular complexity index is 1310. The molecule has 0 saturated heterocycles. The molecule has 31 heavy (non-hydrogen) atoms. The van der Waals surface area contributed by atoms with Crippen molar-refractivity contribution in [3.63, 3.8) is 0 Å². The van der Waals surface area contributed by atoms with Crippen LogP contribution < -0.4 is 11.2 Å². The third-order valence-electron chi connectivity index (χ3n) is 4.62. The first-order chi connectivity index (χ1) is 15.0. The molecule has 2 aromatic heterocycles. The minimum absolute atomic E-state index is 0.228. The average Bonchev–Trinajstić information content (AvgIpc) is 3.29. The van der Waals surface area contributed by atoms with Crippen LogP contribution in [0.2, 0.25) is 0 Å². The summed E-state index contributed by atoms with van der Waals surface area (Å²) in [7, 11) is 0. The van der Waals surface area contributed by atoms with E-state index < -0.39 is 0 Å². The number of aryl methyl sites for hydroxylation is 1. The molecule has 154 valence electrons. The Labute approximate surface area is 179 Å². The van der Waals surface area contributed by atoms with Crippen LogP contribution in [0.4, 0.5) is 5.69 Å². The molecule has 0 radical (unpaired) electrons. The van der Waals surface area contributed by atoms with Crippen molar-refractivity contribution in [3.05, 3.63) is 113 Å². The molecule has 2 heterocycles. The Hall–Kier alpha value is -4.26. The number of hydrogen-bond acceptors (Lipinski definition) is 5. The lowest BCUT2D eigenvalue weighted by Crippen LogP contribution is -2.21. The first kappa shape index (κ1) is 20.0. The van der Waals surface area contributed by atoms with Crippen molar-refractivity contribution < 1.29 is 0 Å². The molecular formula is C24H22N6O. The largest absolute Gasteiger partial charge is 0.402 e. The van der Waals surface area contributed by atoms with Crippen LogP contribution in [0.15, 0.2) is 101 Å². The Morgan fingerprint density at radius 2 is 1.84 bits per heavy atom. The summed E-state index contributed by atoms with van der Waals surface area (Å²) in [5, 5.41) is 8.86. The summed E-state index contributed by atoms with van der Waals surface area (Å²) in [5.41, 5.74) is 10.4. The minimum Gasteiger partial charge on any atom is -0.402 e. The second-order valence-electron chi connectivity index (χ2n) is 7.12. The van der Waals surface area contributed by atoms with Gasteiger partial charge in [-0.15, -0.1) is 0 Å². The molecule has 0 unspecified atom stereocenters. The number of allylic oxidation sites excluding steroid dienone is 2. The highest BCUT2D eigenvalue weighted by molar-refractivity contribution is 6.08. The van der Waals surface area contributed by atoms with Crippen LogP contribution in [0.25, 0.3) is 11.4 Å². The van der Waals surface area contributed by atoms with E-state index in [1.807, 2.05) is 67.7 Å². The zero-order valence-corrected chi connectivity index (χ0v) is 17.3. The molecule has 2 N–H and O–H groups in total. The second kappa shape index (κ2) is 8.62. The zero-order valence-electron chi connectivity index (χ0n) is 17.3. The molecule has 4 rings (SSSR count). The first-order valence-electron chi connectivity index (χ1n) is 9.80. The van der Waals surface area contributed by atoms with Crippen molar-refractivity contribution in [2.75, 3.05) is 0 Å². The van der Waals surface area contributed by atoms with Crippen molar-refractivity contribution in [3.8, 4) is 11.4 Å². The Morgan fingerprint density at radius 1 is 1.03 bits per heavy atom. The van der Waals surface area contributed by atoms with E-state index in [0.717, 1.165) is 16.9 Å². The highest BCUT2D eigenvalue weighted by Crippen LogP contribution is 2.18. The van der Waals surface area contributed by atoms with Crippen LogP contribution in [-0.4, -0.2) is 25.3 Å². The molecule has 0 aliphatic rings. The molecule has 0 aliphatic heterocycles. The Morgan fingerprint density at radius 3 is 2.52 bits per heavy atom. The second-order valence-corrected chi connectivity index (χ2v) is 7.12. The third kappa shape index (κ3) is 4.51. The average molecular weight is 410 g/mol. The fourth-order valence-electron chi connectivity index (χ4n) is 3.19. The van der Waals surface area contributed by atoms with Gasteiger partial charge in [0.05, 0.1) is 22.8 Å². The number of nitrogens with zero attached hydrogens (tertiary/aromatic N) is 5. The molecule has 0 atom stereocenters. The van der Waals surface area contributed by atoms with Crippen LogP contribution >= 0.6 is 0 Å². The van der Waals surface area contributed by atoms with Crippen molar-refractivity contribution in [1.82, 2.24) is 19.6 Å². The number of hydrogen-bond donors (Lipinski definition) is 1. The van der Waals surface area contributed by atoms with Crippen LogP contribution in [0.1, 0.15) is 18.2 Å². The van der Waals surface area contributed by atoms with Gasteiger partial charge in [0.15, 0.2) is 5.69 Å². The predicted octanol–water partition coefficient (Wildman–Crippen LogP) is 3.71. The number of para-hydroxylation sites is 1. The molecule has 0 bridgehead atoms. The van der Waals surface area contributed by atoms with Gasteiger partial charge in [0.2, 0.25) is 5.43 Å². The monoisotopic (exact) mass is 410 g/mol. The van der Waals surface area contributed by atoms with Crippen molar-refractivity contribution in [2.24, 2.45) is 10.7 Å². The Balaban J connectivity index is 1.80. The molecule has 2 aromatic carbocycles. The predicted molar refractivity (Wildman–Crippen MR) is 122 cm³/mol. The molecular weight excluding hydrogens is 388 g/mol. The standard InChI is InChI=1S/C24H22N6O/c1-17-15-20(29-13-6-12-26-29)9-10-22(17)30-14-11-23(31)24(28-30)21(16-18(2)25)27-19-7-4-3-5-8-19/h3-16H,25H2,1-2H3. The minimum atomic E-state index is -0.228. The van der Waals surface area contributed by atoms with Gasteiger partial charge in [0.25, 0.3) is 0 Å². The van der Waals surface area contributed by atoms with E-state index in [4.69, 9.17) is 5.73 Å². The maximum Gasteiger partial charge on any atom is 0.209 e. The Kier molecular flexibility index (Phi) is 5.57. The van der Waals surface area contributed by atoms with Crippen molar-refractivity contribution in [2.45, 2.75) is 13.8 Å². The molecule has 0 aliphatic carbocycles. The summed E-state index contributed by atoms with van der Waals surface area (Å²) in [5.74, 6) is 0. The van der Waals surface area contributed by atoms with Crippen molar-refractivity contribution in [1.29, 1.82) is 0 Å². The van der Waals surface area contributed by atoms with Gasteiger partial charge in [0, 0.05) is 30.4 Å². The van der Waals surface area contributed by atoms with E-state index in [-0.39, 0.29) is 11.1 Å². The maximum atomic E-state index is 12.7. The number of rotatable bonds is 5. The highest BCUT2D eigenvalue weighted by Gasteiger charge is 2.12. The number of nitrogens with two attached hydrogens (primary N) is 1. The number of aliphatic imine (C=N–C) groups is 1. The molecule has 4 aromatic rings. The normalized spacial score (nSPS) is 12.2. The van der Waals surface area contributed by atoms with Gasteiger partial charge in [0.1, 0.15) is 0 Å². The van der Waals surface area contributed by atoms with E-state index in [9.17, 15) is 4.79 Å². The van der Waals surface area contributed by atoms with E-state index in [2.05, 4.69) is 15.2 Å². The van der Waals surface area contributed by atoms with E-state index in [1.54, 1.807) is 34.8 Å². The molecule has 0 saturated carbocycles. The summed E-state index contributed by atoms with van der Waals surface area (Å²) in [6.45, 7) is 3.74. The van der Waals surface area contributed by atoms with E-state index in [1.165, 1.54) is 6.07 Å². The number of benzene rings is 2. The first-order valence-corrected chi connectivity index (χ1v) is 9.80. The number of aromatic nitrogens is 4. The van der Waals surface area contributed by atoms with Gasteiger partial charge in [-0.25, -0.2) is 14.4 Å². The smallest absolute Gasteiger partial charge is 0.209 e. The van der Waals surface area contributed by atoms with E-state index in [0.29, 0.717) is 17.1 Å². The zero-order chi connectivity index (χ0) is 21.8. The fourth-order valence-corrected chi connectivity index (χ4v) is 3.19. The van der Waals surface area contributed by atoms with E-state index >= 15 is 0 Å². The summed E-state index contributed by atoms with van der Waals surface area (Å²) < 4.78 is 3.47. The van der Waals surface area contributed by atoms with Gasteiger partial charge < -0.3 is 5.73 Å². The summed E-state index contributed by atoms with van der Waals surface area (Å²) in [6, 6.07) is 18.7. The topological polar surface area (TPSA) is 91.1 Å². The van der Waals surface area contributed by atoms with Crippen LogP contribution in [0, 0.1) is 6.92 Å². The molecule has 0 spiro atoms. The lowest BCUT2D eigenvalue weighted by Gasteiger charge is -2.12. The van der Waals surface area contributed by atoms with Gasteiger partial charge >= 0.3 is 0 Å². The van der Waals surface area contributed by atoms with Gasteiger partial charge in [-0.3, -0.25) is 4.79 Å². The summed E-state index contributed by atoms with van der Waals surface area (Å²) in [6.07, 6.45) is 6.94. The van der Waals surface area contributed by atoms with Gasteiger partial charge in [-0.05, 0) is 61.9 Å². The van der Waals surface area contributed by atoms with Gasteiger partial charge in [-0.1, -0.05) is 18.2 Å². The maximum absolute atomic E-state index is 12.7. The van der Waals surface area contributed by atoms with Crippen LogP contribution in [0.3, 0.4) is 0 Å². The summed E-state index contributed by atoms with van der Waals surface area (Å²) >= 11 is 0. The molecule has 7 heteroatoms. The SMILES string of the molecule is CC(N)=CC(=Nc1ccccc1)c1nn(-c2ccc(-n3cccn3)cc2C)ccc1=O.